The van der Waals surface area contributed by atoms with Gasteiger partial charge in [-0.1, -0.05) is 0 Å². The first-order chi connectivity index (χ1) is 5.54. The molecular weight excluding hydrogens is 243 g/mol. The quantitative estimate of drug-likeness (QED) is 0.558. The second-order valence-corrected chi connectivity index (χ2v) is 5.16. The Labute approximate surface area is 76.3 Å². The van der Waals surface area contributed by atoms with Crippen molar-refractivity contribution in [1.29, 1.82) is 0 Å². The van der Waals surface area contributed by atoms with Crippen LogP contribution in [0.15, 0.2) is 29.2 Å². The third kappa shape index (κ3) is 2.24. The second-order valence-electron chi connectivity index (χ2n) is 2.10. The van der Waals surface area contributed by atoms with Gasteiger partial charge >= 0.3 is 76.0 Å². The van der Waals surface area contributed by atoms with E-state index in [1.54, 1.807) is 0 Å². The maximum absolute atomic E-state index is 10.5. The molecule has 0 saturated carbocycles. The van der Waals surface area contributed by atoms with Gasteiger partial charge in [0.05, 0.1) is 0 Å². The molecule has 65 valence electrons. The molecule has 4 nitrogen and oxygen atoms in total. The van der Waals surface area contributed by atoms with Crippen LogP contribution in [0, 0.1) is 0 Å². The Balaban J connectivity index is 3.17. The fourth-order valence-corrected chi connectivity index (χ4v) is 1.81. The van der Waals surface area contributed by atoms with Crippen LogP contribution in [0.3, 0.4) is 0 Å². The first-order valence-electron chi connectivity index (χ1n) is 3.00. The van der Waals surface area contributed by atoms with Gasteiger partial charge in [0, 0.05) is 0 Å². The van der Waals surface area contributed by atoms with Crippen molar-refractivity contribution in [3.8, 4) is 0 Å². The van der Waals surface area contributed by atoms with Crippen molar-refractivity contribution in [2.24, 2.45) is 0 Å². The molecule has 1 N–H and O–H groups in total. The van der Waals surface area contributed by atoms with E-state index >= 15 is 0 Å². The van der Waals surface area contributed by atoms with Gasteiger partial charge in [-0.3, -0.25) is 0 Å². The van der Waals surface area contributed by atoms with Crippen LogP contribution >= 0.6 is 0 Å². The zero-order valence-corrected chi connectivity index (χ0v) is 8.80. The van der Waals surface area contributed by atoms with E-state index in [9.17, 15) is 12.2 Å². The van der Waals surface area contributed by atoms with Crippen molar-refractivity contribution >= 4 is 30.2 Å². The van der Waals surface area contributed by atoms with E-state index in [1.165, 1.54) is 24.3 Å². The van der Waals surface area contributed by atoms with Crippen molar-refractivity contribution in [2.75, 3.05) is 0 Å². The van der Waals surface area contributed by atoms with E-state index in [4.69, 9.17) is 4.55 Å². The van der Waals surface area contributed by atoms with Crippen LogP contribution in [-0.4, -0.2) is 28.7 Å². The first kappa shape index (κ1) is 9.58. The van der Waals surface area contributed by atoms with E-state index in [2.05, 4.69) is 0 Å². The molecular formula is C6H6AsO4S. The molecule has 0 fully saturated rings. The summed E-state index contributed by atoms with van der Waals surface area (Å²) in [6.07, 6.45) is 0. The molecule has 1 atom stereocenters. The summed E-state index contributed by atoms with van der Waals surface area (Å²) in [6, 6.07) is 5.31. The summed E-state index contributed by atoms with van der Waals surface area (Å²) in [7, 11) is -4.12. The Morgan fingerprint density at radius 1 is 1.17 bits per heavy atom. The van der Waals surface area contributed by atoms with Crippen LogP contribution in [0.1, 0.15) is 0 Å². The fraction of sp³-hybridized carbons (Fsp3) is 0. The number of rotatable bonds is 2. The van der Waals surface area contributed by atoms with Gasteiger partial charge in [-0.15, -0.1) is 0 Å². The van der Waals surface area contributed by atoms with Crippen molar-refractivity contribution in [3.05, 3.63) is 24.3 Å². The molecule has 0 heterocycles. The van der Waals surface area contributed by atoms with E-state index in [0.29, 0.717) is 4.35 Å². The van der Waals surface area contributed by atoms with Crippen molar-refractivity contribution in [1.82, 2.24) is 0 Å². The molecule has 0 aromatic heterocycles. The summed E-state index contributed by atoms with van der Waals surface area (Å²) in [4.78, 5) is -0.175. The Kier molecular flexibility index (Phi) is 2.77. The molecule has 0 aliphatic rings. The van der Waals surface area contributed by atoms with E-state index in [1.807, 2.05) is 0 Å². The van der Waals surface area contributed by atoms with Crippen LogP contribution in [-0.2, 0) is 13.9 Å². The summed E-state index contributed by atoms with van der Waals surface area (Å²) < 4.78 is 40.6. The minimum absolute atomic E-state index is 0.175. The molecule has 1 aromatic rings. The van der Waals surface area contributed by atoms with Crippen molar-refractivity contribution < 1.29 is 16.7 Å². The summed E-state index contributed by atoms with van der Waals surface area (Å²) in [6.45, 7) is 0. The fourth-order valence-electron chi connectivity index (χ4n) is 0.695. The Hall–Kier alpha value is -0.512. The van der Waals surface area contributed by atoms with Crippen LogP contribution in [0.5, 0.6) is 0 Å². The molecule has 0 bridgehead atoms. The van der Waals surface area contributed by atoms with Crippen LogP contribution in [0.2, 0.25) is 0 Å². The van der Waals surface area contributed by atoms with Gasteiger partial charge in [-0.25, -0.2) is 0 Å². The van der Waals surface area contributed by atoms with Crippen LogP contribution in [0.25, 0.3) is 0 Å². The van der Waals surface area contributed by atoms with Gasteiger partial charge < -0.3 is 0 Å². The number of benzene rings is 1. The maximum atomic E-state index is 10.5. The molecule has 1 unspecified atom stereocenters. The Bertz CT molecular complexity index is 381. The summed E-state index contributed by atoms with van der Waals surface area (Å²) in [5.41, 5.74) is 0. The summed E-state index contributed by atoms with van der Waals surface area (Å²) in [5, 5.41) is 0. The first-order valence-corrected chi connectivity index (χ1v) is 6.34. The van der Waals surface area contributed by atoms with Gasteiger partial charge in [0.15, 0.2) is 0 Å². The zero-order valence-electron chi connectivity index (χ0n) is 5.89. The van der Waals surface area contributed by atoms with Gasteiger partial charge in [0.2, 0.25) is 0 Å². The van der Waals surface area contributed by atoms with Crippen LogP contribution < -0.4 is 4.35 Å². The minimum atomic E-state index is -4.12. The van der Waals surface area contributed by atoms with Crippen molar-refractivity contribution in [2.45, 2.75) is 4.90 Å². The Morgan fingerprint density at radius 3 is 2.00 bits per heavy atom. The third-order valence-corrected chi connectivity index (χ3v) is 3.33. The van der Waals surface area contributed by atoms with Gasteiger partial charge in [-0.05, 0) is 0 Å². The normalized spacial score (nSPS) is 11.8. The number of hydrogen-bond acceptors (Lipinski definition) is 3. The molecule has 1 radical (unpaired) electrons. The second kappa shape index (κ2) is 3.47. The van der Waals surface area contributed by atoms with E-state index in [-0.39, 0.29) is 4.90 Å². The topological polar surface area (TPSA) is 71.4 Å². The van der Waals surface area contributed by atoms with E-state index in [0.717, 1.165) is 0 Å². The number of hydrogen-bond donors (Lipinski definition) is 1. The predicted molar refractivity (Wildman–Crippen MR) is 43.7 cm³/mol. The molecule has 12 heavy (non-hydrogen) atoms. The zero-order chi connectivity index (χ0) is 9.19. The molecule has 0 aliphatic heterocycles. The van der Waals surface area contributed by atoms with Gasteiger partial charge in [0.1, 0.15) is 0 Å². The standard InChI is InChI=1S/C6H6AsO4S/c8-7-5-1-3-6(4-2-5)12(9,10)11/h1-4,7H,(H,9,10,11). The van der Waals surface area contributed by atoms with Gasteiger partial charge in [-0.2, -0.15) is 0 Å². The predicted octanol–water partition coefficient (Wildman–Crippen LogP) is -0.659. The monoisotopic (exact) mass is 249 g/mol. The van der Waals surface area contributed by atoms with E-state index < -0.39 is 25.8 Å². The molecule has 0 spiro atoms. The molecule has 1 rings (SSSR count). The summed E-state index contributed by atoms with van der Waals surface area (Å²) >= 11 is -1.39. The molecule has 1 aromatic carbocycles. The molecule has 0 amide bonds. The Morgan fingerprint density at radius 2 is 1.67 bits per heavy atom. The molecule has 0 saturated heterocycles. The SMILES string of the molecule is O=[AsH]c1ccc(S(=O)(=O)O)cc1. The summed E-state index contributed by atoms with van der Waals surface area (Å²) in [5.74, 6) is 0. The third-order valence-electron chi connectivity index (χ3n) is 1.27. The van der Waals surface area contributed by atoms with Crippen LogP contribution in [0.4, 0.5) is 0 Å². The average Bonchev–Trinajstić information content (AvgIpc) is 2.03. The van der Waals surface area contributed by atoms with Gasteiger partial charge in [0.25, 0.3) is 0 Å². The van der Waals surface area contributed by atoms with Crippen molar-refractivity contribution in [3.63, 3.8) is 0 Å². The average molecular weight is 249 g/mol. The molecule has 0 aliphatic carbocycles. The molecule has 6 heteroatoms.